The number of amides is 1. The molecule has 0 atom stereocenters. The summed E-state index contributed by atoms with van der Waals surface area (Å²) in [5.41, 5.74) is 0.742. The molecule has 6 nitrogen and oxygen atoms in total. The molecule has 0 aromatic carbocycles. The van der Waals surface area contributed by atoms with E-state index < -0.39 is 0 Å². The van der Waals surface area contributed by atoms with Crippen LogP contribution in [0.1, 0.15) is 19.0 Å². The molecule has 1 amide bonds. The Morgan fingerprint density at radius 3 is 3.12 bits per heavy atom. The van der Waals surface area contributed by atoms with Crippen LogP contribution in [0.4, 0.5) is 4.79 Å². The highest BCUT2D eigenvalue weighted by Crippen LogP contribution is 1.94. The quantitative estimate of drug-likeness (QED) is 0.479. The van der Waals surface area contributed by atoms with Gasteiger partial charge in [0, 0.05) is 6.54 Å². The molecule has 16 heavy (non-hydrogen) atoms. The average Bonchev–Trinajstić information content (AvgIpc) is 2.70. The molecule has 7 heteroatoms. The number of hydrogen-bond donors (Lipinski definition) is 3. The number of aromatic nitrogens is 3. The Bertz CT molecular complexity index is 327. The van der Waals surface area contributed by atoms with Crippen molar-refractivity contribution in [1.29, 1.82) is 0 Å². The van der Waals surface area contributed by atoms with Crippen LogP contribution in [0.3, 0.4) is 0 Å². The van der Waals surface area contributed by atoms with Crippen molar-refractivity contribution >= 4 is 17.9 Å². The zero-order chi connectivity index (χ0) is 11.8. The number of carbonyl (C=O) groups excluding carboxylic acids is 1. The zero-order valence-electron chi connectivity index (χ0n) is 9.31. The third kappa shape index (κ3) is 5.13. The van der Waals surface area contributed by atoms with Crippen molar-refractivity contribution < 1.29 is 4.79 Å². The summed E-state index contributed by atoms with van der Waals surface area (Å²) in [5.74, 6) is 0. The van der Waals surface area contributed by atoms with Crippen molar-refractivity contribution in [2.75, 3.05) is 13.1 Å². The monoisotopic (exact) mass is 243 g/mol. The van der Waals surface area contributed by atoms with Gasteiger partial charge in [-0.05, 0) is 19.5 Å². The predicted octanol–water partition coefficient (Wildman–Crippen LogP) is 0.417. The van der Waals surface area contributed by atoms with E-state index in [9.17, 15) is 4.79 Å². The first kappa shape index (κ1) is 13.0. The lowest BCUT2D eigenvalue weighted by molar-refractivity contribution is 0.260. The van der Waals surface area contributed by atoms with Gasteiger partial charge < -0.3 is 10.6 Å². The SMILES string of the molecule is CCNCCCn1cc(CNC(=O)S)nn1. The van der Waals surface area contributed by atoms with Crippen LogP contribution in [-0.2, 0) is 13.1 Å². The number of thiol groups is 1. The molecule has 1 aromatic heterocycles. The third-order valence-electron chi connectivity index (χ3n) is 2.00. The summed E-state index contributed by atoms with van der Waals surface area (Å²) in [6.45, 7) is 5.23. The van der Waals surface area contributed by atoms with Crippen LogP contribution in [0, 0.1) is 0 Å². The van der Waals surface area contributed by atoms with Crippen molar-refractivity contribution in [2.24, 2.45) is 0 Å². The van der Waals surface area contributed by atoms with Crippen LogP contribution in [0.2, 0.25) is 0 Å². The minimum absolute atomic E-state index is 0.360. The van der Waals surface area contributed by atoms with Crippen LogP contribution in [-0.4, -0.2) is 33.3 Å². The third-order valence-corrected chi connectivity index (χ3v) is 2.16. The normalized spacial score (nSPS) is 10.4. The molecule has 90 valence electrons. The lowest BCUT2D eigenvalue weighted by Crippen LogP contribution is -2.16. The Hall–Kier alpha value is -1.08. The Labute approximate surface area is 100 Å². The number of rotatable bonds is 7. The van der Waals surface area contributed by atoms with Crippen molar-refractivity contribution in [3.8, 4) is 0 Å². The molecule has 0 saturated heterocycles. The van der Waals surface area contributed by atoms with Gasteiger partial charge in [0.1, 0.15) is 5.69 Å². The van der Waals surface area contributed by atoms with Crippen LogP contribution < -0.4 is 10.6 Å². The standard InChI is InChI=1S/C9H17N5OS/c1-2-10-4-3-5-14-7-8(12-13-14)6-11-9(15)16/h7,10H,2-6H2,1H3,(H2,11,15,16). The first-order chi connectivity index (χ1) is 7.72. The highest BCUT2D eigenvalue weighted by atomic mass is 32.1. The van der Waals surface area contributed by atoms with E-state index in [0.29, 0.717) is 6.54 Å². The maximum atomic E-state index is 10.6. The van der Waals surface area contributed by atoms with Gasteiger partial charge in [-0.3, -0.25) is 9.48 Å². The summed E-state index contributed by atoms with van der Waals surface area (Å²) in [5, 5.41) is 13.3. The minimum Gasteiger partial charge on any atom is -0.341 e. The maximum absolute atomic E-state index is 10.6. The topological polar surface area (TPSA) is 71.8 Å². The zero-order valence-corrected chi connectivity index (χ0v) is 10.2. The summed E-state index contributed by atoms with van der Waals surface area (Å²) >= 11 is 3.60. The fourth-order valence-electron chi connectivity index (χ4n) is 1.24. The molecule has 0 bridgehead atoms. The molecule has 1 heterocycles. The van der Waals surface area contributed by atoms with Crippen molar-refractivity contribution in [2.45, 2.75) is 26.4 Å². The van der Waals surface area contributed by atoms with E-state index in [1.807, 2.05) is 6.20 Å². The summed E-state index contributed by atoms with van der Waals surface area (Å²) in [6, 6.07) is 0. The maximum Gasteiger partial charge on any atom is 0.276 e. The number of carbonyl (C=O) groups is 1. The average molecular weight is 243 g/mol. The van der Waals surface area contributed by atoms with Gasteiger partial charge in [0.25, 0.3) is 5.24 Å². The van der Waals surface area contributed by atoms with Crippen molar-refractivity contribution in [3.63, 3.8) is 0 Å². The van der Waals surface area contributed by atoms with E-state index in [2.05, 4.69) is 40.5 Å². The van der Waals surface area contributed by atoms with Gasteiger partial charge in [-0.15, -0.1) is 5.10 Å². The number of hydrogen-bond acceptors (Lipinski definition) is 4. The lowest BCUT2D eigenvalue weighted by atomic mass is 10.4. The molecule has 0 aliphatic rings. The van der Waals surface area contributed by atoms with Gasteiger partial charge in [0.15, 0.2) is 0 Å². The van der Waals surface area contributed by atoms with Crippen LogP contribution in [0.25, 0.3) is 0 Å². The first-order valence-electron chi connectivity index (χ1n) is 5.29. The molecular weight excluding hydrogens is 226 g/mol. The Balaban J connectivity index is 2.25. The fraction of sp³-hybridized carbons (Fsp3) is 0.667. The molecule has 0 unspecified atom stereocenters. The second-order valence-corrected chi connectivity index (χ2v) is 3.74. The summed E-state index contributed by atoms with van der Waals surface area (Å²) in [4.78, 5) is 10.6. The Morgan fingerprint density at radius 2 is 2.44 bits per heavy atom. The number of nitrogens with one attached hydrogen (secondary N) is 2. The van der Waals surface area contributed by atoms with E-state index >= 15 is 0 Å². The molecule has 0 fully saturated rings. The summed E-state index contributed by atoms with van der Waals surface area (Å²) in [6.07, 6.45) is 2.84. The van der Waals surface area contributed by atoms with Crippen molar-refractivity contribution in [1.82, 2.24) is 25.6 Å². The number of aryl methyl sites for hydroxylation is 1. The van der Waals surface area contributed by atoms with Gasteiger partial charge in [-0.2, -0.15) is 0 Å². The molecule has 0 radical (unpaired) electrons. The summed E-state index contributed by atoms with van der Waals surface area (Å²) in [7, 11) is 0. The lowest BCUT2D eigenvalue weighted by Gasteiger charge is -2.00. The smallest absolute Gasteiger partial charge is 0.276 e. The molecular formula is C9H17N5OS. The highest BCUT2D eigenvalue weighted by molar-refractivity contribution is 7.96. The number of nitrogens with zero attached hydrogens (tertiary/aromatic N) is 3. The molecule has 0 aliphatic carbocycles. The molecule has 1 rings (SSSR count). The summed E-state index contributed by atoms with van der Waals surface area (Å²) < 4.78 is 1.78. The van der Waals surface area contributed by atoms with Gasteiger partial charge in [0.2, 0.25) is 0 Å². The predicted molar refractivity (Wildman–Crippen MR) is 64.4 cm³/mol. The van der Waals surface area contributed by atoms with Crippen LogP contribution in [0.15, 0.2) is 6.20 Å². The van der Waals surface area contributed by atoms with E-state index in [1.54, 1.807) is 4.68 Å². The van der Waals surface area contributed by atoms with Gasteiger partial charge >= 0.3 is 0 Å². The van der Waals surface area contributed by atoms with E-state index in [-0.39, 0.29) is 5.24 Å². The van der Waals surface area contributed by atoms with Gasteiger partial charge in [0.05, 0.1) is 12.7 Å². The molecule has 0 spiro atoms. The molecule has 0 saturated carbocycles. The largest absolute Gasteiger partial charge is 0.341 e. The highest BCUT2D eigenvalue weighted by Gasteiger charge is 2.01. The second kappa shape index (κ2) is 7.24. The minimum atomic E-state index is -0.360. The van der Waals surface area contributed by atoms with Gasteiger partial charge in [-0.25, -0.2) is 0 Å². The second-order valence-electron chi connectivity index (χ2n) is 3.34. The molecule has 1 aromatic rings. The van der Waals surface area contributed by atoms with E-state index in [1.165, 1.54) is 0 Å². The first-order valence-corrected chi connectivity index (χ1v) is 5.73. The van der Waals surface area contributed by atoms with E-state index in [0.717, 1.165) is 31.7 Å². The van der Waals surface area contributed by atoms with Gasteiger partial charge in [-0.1, -0.05) is 24.8 Å². The van der Waals surface area contributed by atoms with E-state index in [4.69, 9.17) is 0 Å². The Morgan fingerprint density at radius 1 is 1.62 bits per heavy atom. The Kier molecular flexibility index (Phi) is 5.87. The van der Waals surface area contributed by atoms with Crippen LogP contribution >= 0.6 is 12.6 Å². The molecule has 2 N–H and O–H groups in total. The molecule has 0 aliphatic heterocycles. The van der Waals surface area contributed by atoms with Crippen LogP contribution in [0.5, 0.6) is 0 Å². The fourth-order valence-corrected chi connectivity index (χ4v) is 1.32. The van der Waals surface area contributed by atoms with Crippen molar-refractivity contribution in [3.05, 3.63) is 11.9 Å².